The minimum atomic E-state index is 0.0369. The van der Waals surface area contributed by atoms with Gasteiger partial charge in [0.05, 0.1) is 26.8 Å². The highest BCUT2D eigenvalue weighted by atomic mass is 16.5. The Morgan fingerprint density at radius 1 is 1.17 bits per heavy atom. The number of nitrogens with one attached hydrogen (secondary N) is 1. The van der Waals surface area contributed by atoms with Crippen molar-refractivity contribution < 1.29 is 14.3 Å². The van der Waals surface area contributed by atoms with Crippen LogP contribution in [-0.2, 0) is 11.3 Å². The fraction of sp³-hybridized carbons (Fsp3) is 0.364. The molecule has 2 atom stereocenters. The van der Waals surface area contributed by atoms with Crippen LogP contribution in [0.1, 0.15) is 23.6 Å². The molecule has 2 aromatic rings. The summed E-state index contributed by atoms with van der Waals surface area (Å²) in [6.45, 7) is 1.00. The molecule has 1 aliphatic heterocycles. The maximum Gasteiger partial charge on any atom is 0.223 e. The Bertz CT molecular complexity index is 870. The fourth-order valence-corrected chi connectivity index (χ4v) is 3.73. The second-order valence-electron chi connectivity index (χ2n) is 7.10. The third kappa shape index (κ3) is 4.80. The third-order valence-electron chi connectivity index (χ3n) is 5.26. The number of amides is 1. The average molecular weight is 396 g/mol. The first kappa shape index (κ1) is 20.5. The van der Waals surface area contributed by atoms with Crippen molar-refractivity contribution in [3.63, 3.8) is 0 Å². The largest absolute Gasteiger partial charge is 0.493 e. The van der Waals surface area contributed by atoms with Crippen molar-refractivity contribution in [1.82, 2.24) is 10.2 Å². The lowest BCUT2D eigenvalue weighted by molar-refractivity contribution is -0.127. The molecule has 2 aromatic carbocycles. The molecule has 1 aliphatic rings. The van der Waals surface area contributed by atoms with Crippen LogP contribution in [0.3, 0.4) is 0 Å². The quantitative estimate of drug-likeness (QED) is 0.554. The smallest absolute Gasteiger partial charge is 0.223 e. The lowest BCUT2D eigenvalue weighted by Crippen LogP contribution is -2.37. The Balaban J connectivity index is 1.62. The molecule has 0 saturated carbocycles. The number of nitrogens with two attached hydrogens (primary N) is 1. The van der Waals surface area contributed by atoms with Gasteiger partial charge in [-0.05, 0) is 23.3 Å². The average Bonchev–Trinajstić information content (AvgIpc) is 3.04. The number of hydrogen-bond donors (Lipinski definition) is 2. The standard InChI is InChI=1S/C22H28N4O3/c1-26-20(27)12-17(21(26)16-7-5-4-6-8-16)14-25-22(23)24-13-15-9-10-18(28-2)19(11-15)29-3/h4-11,17,21H,12-14H2,1-3H3,(H3,23,24,25). The summed E-state index contributed by atoms with van der Waals surface area (Å²) < 4.78 is 10.6. The van der Waals surface area contributed by atoms with Gasteiger partial charge in [0.15, 0.2) is 17.5 Å². The second-order valence-corrected chi connectivity index (χ2v) is 7.10. The van der Waals surface area contributed by atoms with Gasteiger partial charge >= 0.3 is 0 Å². The van der Waals surface area contributed by atoms with Crippen molar-refractivity contribution >= 4 is 11.9 Å². The van der Waals surface area contributed by atoms with Crippen molar-refractivity contribution in [1.29, 1.82) is 0 Å². The van der Waals surface area contributed by atoms with Gasteiger partial charge in [0.1, 0.15) is 0 Å². The minimum absolute atomic E-state index is 0.0369. The molecule has 7 nitrogen and oxygen atoms in total. The summed E-state index contributed by atoms with van der Waals surface area (Å²) in [4.78, 5) is 18.5. The van der Waals surface area contributed by atoms with E-state index in [1.165, 1.54) is 0 Å². The monoisotopic (exact) mass is 396 g/mol. The number of ether oxygens (including phenoxy) is 2. The number of carbonyl (C=O) groups excluding carboxylic acids is 1. The maximum atomic E-state index is 12.3. The number of carbonyl (C=O) groups is 1. The van der Waals surface area contributed by atoms with Crippen LogP contribution in [-0.4, -0.2) is 44.6 Å². The van der Waals surface area contributed by atoms with E-state index in [1.54, 1.807) is 14.2 Å². The molecule has 0 spiro atoms. The van der Waals surface area contributed by atoms with Crippen molar-refractivity contribution in [2.75, 3.05) is 27.8 Å². The van der Waals surface area contributed by atoms with Crippen LogP contribution in [0.15, 0.2) is 53.5 Å². The van der Waals surface area contributed by atoms with Gasteiger partial charge in [0.2, 0.25) is 5.91 Å². The molecule has 1 amide bonds. The van der Waals surface area contributed by atoms with E-state index in [9.17, 15) is 4.79 Å². The molecule has 2 unspecified atom stereocenters. The maximum absolute atomic E-state index is 12.3. The second kappa shape index (κ2) is 9.32. The molecule has 0 aromatic heterocycles. The Labute approximate surface area is 171 Å². The number of hydrogen-bond acceptors (Lipinski definition) is 4. The van der Waals surface area contributed by atoms with E-state index < -0.39 is 0 Å². The predicted octanol–water partition coefficient (Wildman–Crippen LogP) is 2.33. The number of guanidine groups is 1. The van der Waals surface area contributed by atoms with E-state index in [1.807, 2.05) is 48.3 Å². The zero-order valence-corrected chi connectivity index (χ0v) is 17.1. The Kier molecular flexibility index (Phi) is 6.59. The van der Waals surface area contributed by atoms with Crippen LogP contribution in [0.2, 0.25) is 0 Å². The molecule has 1 saturated heterocycles. The number of benzene rings is 2. The molecular formula is C22H28N4O3. The first-order valence-corrected chi connectivity index (χ1v) is 9.58. The Hall–Kier alpha value is -3.22. The molecule has 1 heterocycles. The van der Waals surface area contributed by atoms with Crippen LogP contribution in [0.4, 0.5) is 0 Å². The molecule has 1 fully saturated rings. The van der Waals surface area contributed by atoms with Crippen LogP contribution < -0.4 is 20.5 Å². The summed E-state index contributed by atoms with van der Waals surface area (Å²) in [5, 5.41) is 3.18. The molecule has 29 heavy (non-hydrogen) atoms. The molecule has 7 heteroatoms. The number of methoxy groups -OCH3 is 2. The summed E-state index contributed by atoms with van der Waals surface area (Å²) in [6, 6.07) is 15.8. The summed E-state index contributed by atoms with van der Waals surface area (Å²) in [5.41, 5.74) is 8.16. The topological polar surface area (TPSA) is 89.2 Å². The van der Waals surface area contributed by atoms with E-state index in [2.05, 4.69) is 22.4 Å². The number of likely N-dealkylation sites (tertiary alicyclic amines) is 1. The van der Waals surface area contributed by atoms with E-state index >= 15 is 0 Å². The van der Waals surface area contributed by atoms with Gasteiger partial charge in [-0.3, -0.25) is 4.79 Å². The van der Waals surface area contributed by atoms with Crippen molar-refractivity contribution in [3.05, 3.63) is 59.7 Å². The Morgan fingerprint density at radius 3 is 2.59 bits per heavy atom. The summed E-state index contributed by atoms with van der Waals surface area (Å²) in [7, 11) is 5.06. The molecule has 3 N–H and O–H groups in total. The van der Waals surface area contributed by atoms with E-state index in [4.69, 9.17) is 15.2 Å². The SMILES string of the molecule is COc1ccc(CN=C(N)NCC2CC(=O)N(C)C2c2ccccc2)cc1OC. The van der Waals surface area contributed by atoms with Crippen LogP contribution in [0.5, 0.6) is 11.5 Å². The van der Waals surface area contributed by atoms with Crippen LogP contribution in [0, 0.1) is 5.92 Å². The van der Waals surface area contributed by atoms with Gasteiger partial charge in [-0.25, -0.2) is 4.99 Å². The Morgan fingerprint density at radius 2 is 1.90 bits per heavy atom. The molecule has 3 rings (SSSR count). The summed E-state index contributed by atoms with van der Waals surface area (Å²) >= 11 is 0. The first-order chi connectivity index (χ1) is 14.0. The van der Waals surface area contributed by atoms with E-state index in [0.717, 1.165) is 11.1 Å². The van der Waals surface area contributed by atoms with Gasteiger partial charge in [0, 0.05) is 25.9 Å². The summed E-state index contributed by atoms with van der Waals surface area (Å²) in [6.07, 6.45) is 0.492. The fourth-order valence-electron chi connectivity index (χ4n) is 3.73. The molecular weight excluding hydrogens is 368 g/mol. The molecule has 0 aliphatic carbocycles. The lowest BCUT2D eigenvalue weighted by Gasteiger charge is -2.25. The van der Waals surface area contributed by atoms with Crippen molar-refractivity contribution in [2.24, 2.45) is 16.6 Å². The lowest BCUT2D eigenvalue weighted by atomic mass is 9.94. The normalized spacial score (nSPS) is 19.3. The highest BCUT2D eigenvalue weighted by Crippen LogP contribution is 2.36. The van der Waals surface area contributed by atoms with E-state index in [0.29, 0.717) is 37.0 Å². The van der Waals surface area contributed by atoms with Gasteiger partial charge < -0.3 is 25.4 Å². The highest BCUT2D eigenvalue weighted by Gasteiger charge is 2.38. The zero-order valence-electron chi connectivity index (χ0n) is 17.1. The minimum Gasteiger partial charge on any atom is -0.493 e. The third-order valence-corrected chi connectivity index (χ3v) is 5.26. The van der Waals surface area contributed by atoms with Gasteiger partial charge in [-0.15, -0.1) is 0 Å². The summed E-state index contributed by atoms with van der Waals surface area (Å²) in [5.74, 6) is 1.96. The molecule has 0 bridgehead atoms. The number of rotatable bonds is 7. The zero-order chi connectivity index (χ0) is 20.8. The first-order valence-electron chi connectivity index (χ1n) is 9.58. The van der Waals surface area contributed by atoms with Gasteiger partial charge in [0.25, 0.3) is 0 Å². The predicted molar refractivity (Wildman–Crippen MR) is 113 cm³/mol. The number of aliphatic imine (C=N–C) groups is 1. The van der Waals surface area contributed by atoms with E-state index in [-0.39, 0.29) is 17.9 Å². The van der Waals surface area contributed by atoms with Crippen molar-refractivity contribution in [2.45, 2.75) is 19.0 Å². The van der Waals surface area contributed by atoms with Crippen molar-refractivity contribution in [3.8, 4) is 11.5 Å². The molecule has 0 radical (unpaired) electrons. The highest BCUT2D eigenvalue weighted by molar-refractivity contribution is 5.80. The number of nitrogens with zero attached hydrogens (tertiary/aromatic N) is 2. The molecule has 154 valence electrons. The van der Waals surface area contributed by atoms with Crippen LogP contribution >= 0.6 is 0 Å². The van der Waals surface area contributed by atoms with Gasteiger partial charge in [-0.2, -0.15) is 0 Å². The van der Waals surface area contributed by atoms with Gasteiger partial charge in [-0.1, -0.05) is 36.4 Å². The van der Waals surface area contributed by atoms with Crippen LogP contribution in [0.25, 0.3) is 0 Å².